The van der Waals surface area contributed by atoms with Gasteiger partial charge in [0.25, 0.3) is 5.91 Å². The minimum absolute atomic E-state index is 0.0559. The van der Waals surface area contributed by atoms with Crippen molar-refractivity contribution in [2.75, 3.05) is 0 Å². The van der Waals surface area contributed by atoms with Crippen LogP contribution in [-0.2, 0) is 17.9 Å². The smallest absolute Gasteiger partial charge is 0.251 e. The molecule has 0 saturated heterocycles. The Morgan fingerprint density at radius 2 is 1.85 bits per heavy atom. The summed E-state index contributed by atoms with van der Waals surface area (Å²) in [6.07, 6.45) is 4.15. The van der Waals surface area contributed by atoms with Crippen molar-refractivity contribution in [2.45, 2.75) is 42.7 Å². The van der Waals surface area contributed by atoms with Gasteiger partial charge < -0.3 is 14.6 Å². The van der Waals surface area contributed by atoms with Crippen LogP contribution in [0.1, 0.15) is 40.9 Å². The van der Waals surface area contributed by atoms with Gasteiger partial charge in [-0.2, -0.15) is 0 Å². The topological polar surface area (TPSA) is 62.6 Å². The Bertz CT molecular complexity index is 829. The summed E-state index contributed by atoms with van der Waals surface area (Å²) in [6.45, 7) is 0.737. The van der Waals surface area contributed by atoms with Gasteiger partial charge in [-0.05, 0) is 49.1 Å². The van der Waals surface area contributed by atoms with Gasteiger partial charge in [0.15, 0.2) is 0 Å². The van der Waals surface area contributed by atoms with Crippen molar-refractivity contribution in [3.05, 3.63) is 59.5 Å². The lowest BCUT2D eigenvalue weighted by atomic mass is 10.1. The molecule has 1 unspecified atom stereocenters. The molecule has 2 fully saturated rings. The highest BCUT2D eigenvalue weighted by atomic mass is 35.5. The second-order valence-electron chi connectivity index (χ2n) is 7.24. The lowest BCUT2D eigenvalue weighted by Gasteiger charge is -2.22. The van der Waals surface area contributed by atoms with E-state index in [4.69, 9.17) is 27.6 Å². The number of rotatable bonds is 7. The molecule has 27 heavy (non-hydrogen) atoms. The molecule has 0 aliphatic heterocycles. The Morgan fingerprint density at radius 3 is 2.41 bits per heavy atom. The molecule has 1 N–H and O–H groups in total. The molecule has 0 bridgehead atoms. The summed E-state index contributed by atoms with van der Waals surface area (Å²) in [7, 11) is 0. The Kier molecular flexibility index (Phi) is 4.91. The summed E-state index contributed by atoms with van der Waals surface area (Å²) in [5.41, 5.74) is 1.55. The Morgan fingerprint density at radius 1 is 1.15 bits per heavy atom. The molecule has 5 nitrogen and oxygen atoms in total. The number of carbonyl (C=O) groups is 2. The third-order valence-electron chi connectivity index (χ3n) is 4.86. The summed E-state index contributed by atoms with van der Waals surface area (Å²) in [4.78, 5) is 26.6. The molecule has 1 heterocycles. The standard InChI is InChI=1S/C20H20Cl2N2O3/c21-20(22)10-17(20)19(26)24(12-16-2-1-9-27-16)11-13-3-5-14(6-4-13)18(25)23-15-7-8-15/h1-6,9,15,17H,7-8,10-12H2,(H,23,25). The minimum atomic E-state index is -0.969. The fraction of sp³-hybridized carbons (Fsp3) is 0.400. The number of hydrogen-bond donors (Lipinski definition) is 1. The number of nitrogens with zero attached hydrogens (tertiary/aromatic N) is 1. The zero-order valence-corrected chi connectivity index (χ0v) is 16.2. The lowest BCUT2D eigenvalue weighted by molar-refractivity contribution is -0.134. The lowest BCUT2D eigenvalue weighted by Crippen LogP contribution is -2.32. The zero-order valence-electron chi connectivity index (χ0n) is 14.7. The third-order valence-corrected chi connectivity index (χ3v) is 5.70. The van der Waals surface area contributed by atoms with Gasteiger partial charge in [0.1, 0.15) is 10.1 Å². The molecule has 0 radical (unpaired) electrons. The van der Waals surface area contributed by atoms with Crippen molar-refractivity contribution in [3.63, 3.8) is 0 Å². The van der Waals surface area contributed by atoms with Crippen molar-refractivity contribution in [1.29, 1.82) is 0 Å². The van der Waals surface area contributed by atoms with Crippen LogP contribution < -0.4 is 5.32 Å². The number of amides is 2. The number of nitrogens with one attached hydrogen (secondary N) is 1. The average Bonchev–Trinajstić information content (AvgIpc) is 3.51. The first kappa shape index (κ1) is 18.4. The van der Waals surface area contributed by atoms with Crippen LogP contribution >= 0.6 is 23.2 Å². The van der Waals surface area contributed by atoms with Crippen molar-refractivity contribution < 1.29 is 14.0 Å². The molecule has 1 aromatic carbocycles. The van der Waals surface area contributed by atoms with E-state index in [1.807, 2.05) is 18.2 Å². The van der Waals surface area contributed by atoms with E-state index in [0.29, 0.717) is 36.9 Å². The van der Waals surface area contributed by atoms with Gasteiger partial charge in [-0.15, -0.1) is 23.2 Å². The molecule has 2 saturated carbocycles. The predicted molar refractivity (Wildman–Crippen MR) is 102 cm³/mol. The van der Waals surface area contributed by atoms with Gasteiger partial charge in [-0.3, -0.25) is 9.59 Å². The maximum atomic E-state index is 12.8. The Hall–Kier alpha value is -1.98. The number of furan rings is 1. The molecule has 1 aromatic heterocycles. The monoisotopic (exact) mass is 406 g/mol. The van der Waals surface area contributed by atoms with Gasteiger partial charge in [0.05, 0.1) is 18.7 Å². The fourth-order valence-electron chi connectivity index (χ4n) is 2.98. The van der Waals surface area contributed by atoms with Crippen LogP contribution in [0, 0.1) is 5.92 Å². The predicted octanol–water partition coefficient (Wildman–Crippen LogP) is 3.89. The average molecular weight is 407 g/mol. The van der Waals surface area contributed by atoms with Gasteiger partial charge in [-0.1, -0.05) is 12.1 Å². The first-order chi connectivity index (χ1) is 12.9. The van der Waals surface area contributed by atoms with Crippen LogP contribution in [0.3, 0.4) is 0 Å². The molecule has 142 valence electrons. The van der Waals surface area contributed by atoms with E-state index < -0.39 is 4.33 Å². The normalized spacial score (nSPS) is 20.1. The van der Waals surface area contributed by atoms with Crippen molar-refractivity contribution in [2.24, 2.45) is 5.92 Å². The van der Waals surface area contributed by atoms with Crippen LogP contribution in [-0.4, -0.2) is 27.1 Å². The molecule has 2 amide bonds. The molecule has 4 rings (SSSR count). The van der Waals surface area contributed by atoms with E-state index in [0.717, 1.165) is 18.4 Å². The quantitative estimate of drug-likeness (QED) is 0.709. The van der Waals surface area contributed by atoms with Crippen LogP contribution in [0.15, 0.2) is 47.1 Å². The highest BCUT2D eigenvalue weighted by Crippen LogP contribution is 2.54. The summed E-state index contributed by atoms with van der Waals surface area (Å²) < 4.78 is 4.42. The van der Waals surface area contributed by atoms with E-state index >= 15 is 0 Å². The molecule has 2 aliphatic rings. The van der Waals surface area contributed by atoms with Crippen LogP contribution in [0.4, 0.5) is 0 Å². The number of carbonyl (C=O) groups excluding carboxylic acids is 2. The highest BCUT2D eigenvalue weighted by Gasteiger charge is 2.57. The maximum absolute atomic E-state index is 12.8. The molecular formula is C20H20Cl2N2O3. The van der Waals surface area contributed by atoms with E-state index in [9.17, 15) is 9.59 Å². The summed E-state index contributed by atoms with van der Waals surface area (Å²) in [6, 6.07) is 11.2. The second-order valence-corrected chi connectivity index (χ2v) is 8.78. The molecule has 0 spiro atoms. The van der Waals surface area contributed by atoms with Crippen molar-refractivity contribution in [3.8, 4) is 0 Å². The summed E-state index contributed by atoms with van der Waals surface area (Å²) >= 11 is 12.2. The first-order valence-electron chi connectivity index (χ1n) is 9.01. The molecule has 2 aromatic rings. The van der Waals surface area contributed by atoms with E-state index in [-0.39, 0.29) is 17.7 Å². The maximum Gasteiger partial charge on any atom is 0.251 e. The van der Waals surface area contributed by atoms with E-state index in [2.05, 4.69) is 5.32 Å². The van der Waals surface area contributed by atoms with Crippen LogP contribution in [0.25, 0.3) is 0 Å². The third kappa shape index (κ3) is 4.47. The van der Waals surface area contributed by atoms with Gasteiger partial charge in [-0.25, -0.2) is 0 Å². The van der Waals surface area contributed by atoms with E-state index in [1.165, 1.54) is 0 Å². The molecule has 1 atom stereocenters. The van der Waals surface area contributed by atoms with Crippen LogP contribution in [0.2, 0.25) is 0 Å². The second kappa shape index (κ2) is 7.21. The van der Waals surface area contributed by atoms with Crippen molar-refractivity contribution >= 4 is 35.0 Å². The molecule has 7 heteroatoms. The fourth-order valence-corrected chi connectivity index (χ4v) is 3.48. The van der Waals surface area contributed by atoms with Crippen LogP contribution in [0.5, 0.6) is 0 Å². The zero-order chi connectivity index (χ0) is 19.0. The molecular weight excluding hydrogens is 387 g/mol. The Labute approximate surface area is 167 Å². The number of hydrogen-bond acceptors (Lipinski definition) is 3. The summed E-state index contributed by atoms with van der Waals surface area (Å²) in [5, 5.41) is 2.97. The van der Waals surface area contributed by atoms with Gasteiger partial charge >= 0.3 is 0 Å². The van der Waals surface area contributed by atoms with Crippen molar-refractivity contribution in [1.82, 2.24) is 10.2 Å². The highest BCUT2D eigenvalue weighted by molar-refractivity contribution is 6.52. The number of benzene rings is 1. The molecule has 2 aliphatic carbocycles. The largest absolute Gasteiger partial charge is 0.467 e. The summed E-state index contributed by atoms with van der Waals surface area (Å²) in [5.74, 6) is 0.158. The number of halogens is 2. The minimum Gasteiger partial charge on any atom is -0.467 e. The Balaban J connectivity index is 1.45. The number of alkyl halides is 2. The SMILES string of the molecule is O=C(NC1CC1)c1ccc(CN(Cc2ccco2)C(=O)C2CC2(Cl)Cl)cc1. The van der Waals surface area contributed by atoms with Gasteiger partial charge in [0.2, 0.25) is 5.91 Å². The first-order valence-corrected chi connectivity index (χ1v) is 9.77. The van der Waals surface area contributed by atoms with Gasteiger partial charge in [0, 0.05) is 18.2 Å². The van der Waals surface area contributed by atoms with E-state index in [1.54, 1.807) is 29.4 Å².